The van der Waals surface area contributed by atoms with Crippen LogP contribution in [0.2, 0.25) is 0 Å². The van der Waals surface area contributed by atoms with Gasteiger partial charge in [-0.3, -0.25) is 4.79 Å². The van der Waals surface area contributed by atoms with Gasteiger partial charge in [0.15, 0.2) is 5.03 Å². The predicted molar refractivity (Wildman–Crippen MR) is 69.2 cm³/mol. The molecule has 0 atom stereocenters. The lowest BCUT2D eigenvalue weighted by Crippen LogP contribution is -2.44. The molecule has 1 aromatic heterocycles. The number of rotatable bonds is 7. The van der Waals surface area contributed by atoms with Gasteiger partial charge in [-0.25, -0.2) is 18.1 Å². The van der Waals surface area contributed by atoms with Crippen molar-refractivity contribution in [3.05, 3.63) is 12.5 Å². The van der Waals surface area contributed by atoms with Gasteiger partial charge >= 0.3 is 5.97 Å². The van der Waals surface area contributed by atoms with Crippen LogP contribution in [0.25, 0.3) is 0 Å². The third-order valence-electron chi connectivity index (χ3n) is 2.66. The Bertz CT molecular complexity index is 548. The minimum Gasteiger partial charge on any atom is -0.481 e. The first-order valence-corrected chi connectivity index (χ1v) is 7.42. The minimum atomic E-state index is -3.71. The monoisotopic (exact) mass is 289 g/mol. The molecule has 0 aliphatic rings. The predicted octanol–water partition coefficient (Wildman–Crippen LogP) is 0.825. The Kier molecular flexibility index (Phi) is 4.70. The Morgan fingerprint density at radius 1 is 1.53 bits per heavy atom. The summed E-state index contributed by atoms with van der Waals surface area (Å²) in [6.45, 7) is 5.61. The van der Waals surface area contributed by atoms with Crippen LogP contribution >= 0.6 is 0 Å². The first-order chi connectivity index (χ1) is 8.68. The van der Waals surface area contributed by atoms with E-state index in [0.717, 1.165) is 0 Å². The third-order valence-corrected chi connectivity index (χ3v) is 4.38. The number of aromatic nitrogens is 2. The highest BCUT2D eigenvalue weighted by Gasteiger charge is 2.28. The van der Waals surface area contributed by atoms with Crippen molar-refractivity contribution < 1.29 is 18.3 Å². The first kappa shape index (κ1) is 15.6. The fourth-order valence-electron chi connectivity index (χ4n) is 1.66. The van der Waals surface area contributed by atoms with Gasteiger partial charge < -0.3 is 9.67 Å². The summed E-state index contributed by atoms with van der Waals surface area (Å²) >= 11 is 0. The van der Waals surface area contributed by atoms with E-state index in [1.54, 1.807) is 13.8 Å². The van der Waals surface area contributed by atoms with E-state index in [1.165, 1.54) is 17.1 Å². The van der Waals surface area contributed by atoms with Crippen LogP contribution in [0.4, 0.5) is 0 Å². The lowest BCUT2D eigenvalue weighted by molar-refractivity contribution is -0.137. The fourth-order valence-corrected chi connectivity index (χ4v) is 3.28. The second kappa shape index (κ2) is 5.70. The van der Waals surface area contributed by atoms with E-state index in [2.05, 4.69) is 9.71 Å². The number of aryl methyl sites for hydroxylation is 1. The molecule has 0 bridgehead atoms. The molecule has 0 radical (unpaired) electrons. The van der Waals surface area contributed by atoms with Gasteiger partial charge in [0.05, 0.1) is 12.5 Å². The third kappa shape index (κ3) is 4.32. The van der Waals surface area contributed by atoms with Crippen LogP contribution in [-0.2, 0) is 21.4 Å². The van der Waals surface area contributed by atoms with E-state index in [9.17, 15) is 13.2 Å². The molecule has 2 N–H and O–H groups in total. The van der Waals surface area contributed by atoms with Crippen LogP contribution in [0.5, 0.6) is 0 Å². The van der Waals surface area contributed by atoms with Gasteiger partial charge in [-0.1, -0.05) is 0 Å². The van der Waals surface area contributed by atoms with E-state index in [0.29, 0.717) is 6.54 Å². The number of aliphatic carboxylic acids is 1. The highest BCUT2D eigenvalue weighted by atomic mass is 32.2. The lowest BCUT2D eigenvalue weighted by Gasteiger charge is -2.25. The second-order valence-electron chi connectivity index (χ2n) is 4.90. The van der Waals surface area contributed by atoms with Crippen LogP contribution in [0.15, 0.2) is 17.6 Å². The van der Waals surface area contributed by atoms with Crippen molar-refractivity contribution in [3.8, 4) is 0 Å². The van der Waals surface area contributed by atoms with Crippen molar-refractivity contribution in [3.63, 3.8) is 0 Å². The smallest absolute Gasteiger partial charge is 0.303 e. The van der Waals surface area contributed by atoms with Crippen molar-refractivity contribution in [1.82, 2.24) is 14.3 Å². The number of hydrogen-bond acceptors (Lipinski definition) is 4. The normalized spacial score (nSPS) is 12.6. The topological polar surface area (TPSA) is 101 Å². The summed E-state index contributed by atoms with van der Waals surface area (Å²) in [5.74, 6) is -0.953. The molecule has 1 rings (SSSR count). The van der Waals surface area contributed by atoms with E-state index in [1.807, 2.05) is 6.92 Å². The summed E-state index contributed by atoms with van der Waals surface area (Å²) in [5.41, 5.74) is -0.833. The van der Waals surface area contributed by atoms with Gasteiger partial charge in [0.1, 0.15) is 0 Å². The molecule has 0 aromatic carbocycles. The Hall–Kier alpha value is -1.41. The molecule has 8 heteroatoms. The summed E-state index contributed by atoms with van der Waals surface area (Å²) in [7, 11) is -3.71. The number of carboxylic acids is 1. The molecule has 0 fully saturated rings. The molecular weight excluding hydrogens is 270 g/mol. The van der Waals surface area contributed by atoms with Crippen LogP contribution in [0, 0.1) is 0 Å². The van der Waals surface area contributed by atoms with Crippen molar-refractivity contribution in [2.45, 2.75) is 50.7 Å². The van der Waals surface area contributed by atoms with Crippen LogP contribution in [0.3, 0.4) is 0 Å². The molecule has 0 aliphatic carbocycles. The number of nitrogens with one attached hydrogen (secondary N) is 1. The first-order valence-electron chi connectivity index (χ1n) is 5.94. The fraction of sp³-hybridized carbons (Fsp3) is 0.636. The maximum atomic E-state index is 12.2. The van der Waals surface area contributed by atoms with Gasteiger partial charge in [-0.15, -0.1) is 0 Å². The van der Waals surface area contributed by atoms with E-state index in [-0.39, 0.29) is 17.9 Å². The van der Waals surface area contributed by atoms with Gasteiger partial charge in [0.25, 0.3) is 10.0 Å². The summed E-state index contributed by atoms with van der Waals surface area (Å²) in [5, 5.41) is 8.73. The molecule has 0 saturated heterocycles. The average molecular weight is 289 g/mol. The van der Waals surface area contributed by atoms with Crippen LogP contribution in [0.1, 0.15) is 33.6 Å². The van der Waals surface area contributed by atoms with Gasteiger partial charge in [0.2, 0.25) is 0 Å². The molecule has 1 aromatic rings. The van der Waals surface area contributed by atoms with Crippen molar-refractivity contribution in [2.75, 3.05) is 0 Å². The highest BCUT2D eigenvalue weighted by molar-refractivity contribution is 7.89. The van der Waals surface area contributed by atoms with Crippen molar-refractivity contribution in [1.29, 1.82) is 0 Å². The van der Waals surface area contributed by atoms with Gasteiger partial charge in [-0.2, -0.15) is 0 Å². The molecule has 0 spiro atoms. The largest absolute Gasteiger partial charge is 0.481 e. The average Bonchev–Trinajstić information content (AvgIpc) is 2.74. The highest BCUT2D eigenvalue weighted by Crippen LogP contribution is 2.17. The van der Waals surface area contributed by atoms with Crippen molar-refractivity contribution >= 4 is 16.0 Å². The number of carboxylic acid groups (broad SMARTS) is 1. The molecule has 0 aliphatic heterocycles. The van der Waals surface area contributed by atoms with E-state index >= 15 is 0 Å². The number of sulfonamides is 1. The molecule has 0 amide bonds. The summed E-state index contributed by atoms with van der Waals surface area (Å²) in [6, 6.07) is 0. The second-order valence-corrected chi connectivity index (χ2v) is 6.53. The summed E-state index contributed by atoms with van der Waals surface area (Å²) in [6.07, 6.45) is 2.84. The lowest BCUT2D eigenvalue weighted by atomic mass is 10.0. The molecular formula is C11H19N3O4S. The molecule has 0 saturated carbocycles. The van der Waals surface area contributed by atoms with E-state index in [4.69, 9.17) is 5.11 Å². The maximum Gasteiger partial charge on any atom is 0.303 e. The quantitative estimate of drug-likeness (QED) is 0.774. The van der Waals surface area contributed by atoms with Crippen LogP contribution < -0.4 is 4.72 Å². The van der Waals surface area contributed by atoms with Gasteiger partial charge in [0, 0.05) is 18.5 Å². The Morgan fingerprint density at radius 2 is 2.16 bits per heavy atom. The number of carbonyl (C=O) groups is 1. The van der Waals surface area contributed by atoms with Crippen molar-refractivity contribution in [2.24, 2.45) is 0 Å². The number of hydrogen-bond donors (Lipinski definition) is 2. The Balaban J connectivity index is 2.88. The number of nitrogens with zero attached hydrogens (tertiary/aromatic N) is 2. The van der Waals surface area contributed by atoms with E-state index < -0.39 is 21.5 Å². The van der Waals surface area contributed by atoms with Crippen LogP contribution in [-0.4, -0.2) is 34.6 Å². The molecule has 108 valence electrons. The minimum absolute atomic E-state index is 0.0819. The number of imidazole rings is 1. The maximum absolute atomic E-state index is 12.2. The standard InChI is InChI=1S/C11H19N3O4S/c1-4-14-8-12-7-9(14)19(17,18)13-11(2,3)6-5-10(15)16/h7-8,13H,4-6H2,1-3H3,(H,15,16). The zero-order valence-electron chi connectivity index (χ0n) is 11.3. The summed E-state index contributed by atoms with van der Waals surface area (Å²) in [4.78, 5) is 14.4. The molecule has 7 nitrogen and oxygen atoms in total. The SMILES string of the molecule is CCn1cncc1S(=O)(=O)NC(C)(C)CCC(=O)O. The zero-order chi connectivity index (χ0) is 14.7. The molecule has 0 unspecified atom stereocenters. The Morgan fingerprint density at radius 3 is 2.68 bits per heavy atom. The summed E-state index contributed by atoms with van der Waals surface area (Å²) < 4.78 is 28.5. The zero-order valence-corrected chi connectivity index (χ0v) is 12.1. The molecule has 19 heavy (non-hydrogen) atoms. The Labute approximate surface area is 112 Å². The molecule has 1 heterocycles. The van der Waals surface area contributed by atoms with Gasteiger partial charge in [-0.05, 0) is 27.2 Å².